The molecule has 0 amide bonds. The minimum atomic E-state index is -0.967. The number of morpholine rings is 2. The van der Waals surface area contributed by atoms with Gasteiger partial charge in [0.15, 0.2) is 5.82 Å². The van der Waals surface area contributed by atoms with E-state index in [9.17, 15) is 0 Å². The number of halogens is 1. The highest BCUT2D eigenvalue weighted by atomic mass is 19.1. The van der Waals surface area contributed by atoms with Crippen molar-refractivity contribution < 1.29 is 13.9 Å². The van der Waals surface area contributed by atoms with Crippen molar-refractivity contribution in [3.63, 3.8) is 0 Å². The van der Waals surface area contributed by atoms with E-state index in [1.54, 1.807) is 6.20 Å². The van der Waals surface area contributed by atoms with Gasteiger partial charge >= 0.3 is 0 Å². The summed E-state index contributed by atoms with van der Waals surface area (Å²) in [7, 11) is 0. The average molecular weight is 482 g/mol. The molecule has 1 unspecified atom stereocenters. The fraction of sp³-hybridized carbons (Fsp3) is 0.519. The molecule has 0 bridgehead atoms. The first-order valence-electron chi connectivity index (χ1n) is 12.8. The summed E-state index contributed by atoms with van der Waals surface area (Å²) in [4.78, 5) is 19.0. The number of anilines is 2. The molecule has 2 saturated heterocycles. The van der Waals surface area contributed by atoms with Crippen molar-refractivity contribution in [2.45, 2.75) is 39.3 Å². The lowest BCUT2D eigenvalue weighted by atomic mass is 9.99. The largest absolute Gasteiger partial charge is 0.378 e. The van der Waals surface area contributed by atoms with E-state index >= 15 is 4.39 Å². The Bertz CT molecular complexity index is 963. The Labute approximate surface area is 207 Å². The molecule has 0 saturated carbocycles. The van der Waals surface area contributed by atoms with Crippen molar-refractivity contribution in [1.82, 2.24) is 15.0 Å². The molecule has 5 rings (SSSR count). The molecular formula is C27H36FN5O2. The van der Waals surface area contributed by atoms with Crippen LogP contribution in [0.15, 0.2) is 48.2 Å². The van der Waals surface area contributed by atoms with Crippen molar-refractivity contribution >= 4 is 11.6 Å². The highest BCUT2D eigenvalue weighted by molar-refractivity contribution is 5.67. The minimum Gasteiger partial charge on any atom is -0.378 e. The van der Waals surface area contributed by atoms with E-state index in [0.717, 1.165) is 61.1 Å². The number of allylic oxidation sites excluding steroid dienone is 4. The number of rotatable bonds is 5. The molecule has 0 aromatic carbocycles. The highest BCUT2D eigenvalue weighted by Gasteiger charge is 2.28. The Morgan fingerprint density at radius 2 is 1.57 bits per heavy atom. The van der Waals surface area contributed by atoms with Gasteiger partial charge in [-0.3, -0.25) is 4.98 Å². The Balaban J connectivity index is 0.00000141. The maximum Gasteiger partial charge on any atom is 0.182 e. The van der Waals surface area contributed by atoms with Crippen LogP contribution >= 0.6 is 0 Å². The quantitative estimate of drug-likeness (QED) is 0.627. The minimum absolute atomic E-state index is 0.480. The van der Waals surface area contributed by atoms with E-state index in [-0.39, 0.29) is 0 Å². The number of alkyl halides is 1. The molecule has 7 nitrogen and oxygen atoms in total. The van der Waals surface area contributed by atoms with Crippen molar-refractivity contribution in [2.24, 2.45) is 0 Å². The van der Waals surface area contributed by atoms with Crippen LogP contribution < -0.4 is 9.80 Å². The maximum atomic E-state index is 15.1. The molecule has 0 N–H and O–H groups in total. The third-order valence-corrected chi connectivity index (χ3v) is 6.30. The van der Waals surface area contributed by atoms with Crippen LogP contribution in [0.5, 0.6) is 0 Å². The molecule has 2 fully saturated rings. The molecule has 188 valence electrons. The van der Waals surface area contributed by atoms with Gasteiger partial charge < -0.3 is 19.3 Å². The summed E-state index contributed by atoms with van der Waals surface area (Å²) in [6, 6.07) is 5.76. The van der Waals surface area contributed by atoms with Gasteiger partial charge in [-0.05, 0) is 30.5 Å². The molecule has 8 heteroatoms. The molecule has 35 heavy (non-hydrogen) atoms. The summed E-state index contributed by atoms with van der Waals surface area (Å²) in [6.45, 7) is 9.55. The number of ether oxygens (including phenoxy) is 2. The smallest absolute Gasteiger partial charge is 0.182 e. The van der Waals surface area contributed by atoms with Gasteiger partial charge in [0.2, 0.25) is 0 Å². The van der Waals surface area contributed by atoms with Gasteiger partial charge in [0, 0.05) is 44.4 Å². The summed E-state index contributed by atoms with van der Waals surface area (Å²) in [5.74, 6) is 2.31. The monoisotopic (exact) mass is 481 g/mol. The van der Waals surface area contributed by atoms with Gasteiger partial charge in [0.05, 0.1) is 26.4 Å². The molecule has 2 aliphatic heterocycles. The molecule has 2 aromatic heterocycles. The molecule has 4 heterocycles. The van der Waals surface area contributed by atoms with E-state index < -0.39 is 6.17 Å². The third-order valence-electron chi connectivity index (χ3n) is 6.30. The van der Waals surface area contributed by atoms with Gasteiger partial charge in [-0.15, -0.1) is 0 Å². The van der Waals surface area contributed by atoms with Crippen molar-refractivity contribution in [1.29, 1.82) is 0 Å². The maximum absolute atomic E-state index is 15.1. The van der Waals surface area contributed by atoms with Crippen LogP contribution in [0.1, 0.15) is 32.3 Å². The zero-order valence-corrected chi connectivity index (χ0v) is 20.8. The van der Waals surface area contributed by atoms with Gasteiger partial charge in [-0.25, -0.2) is 14.4 Å². The molecule has 1 atom stereocenters. The number of nitrogens with zero attached hydrogens (tertiary/aromatic N) is 5. The lowest BCUT2D eigenvalue weighted by molar-refractivity contribution is 0.121. The molecule has 3 aliphatic rings. The van der Waals surface area contributed by atoms with Crippen LogP contribution in [-0.4, -0.2) is 73.7 Å². The van der Waals surface area contributed by atoms with Crippen LogP contribution in [0.2, 0.25) is 0 Å². The predicted molar refractivity (Wildman–Crippen MR) is 138 cm³/mol. The second kappa shape index (κ2) is 12.7. The first-order valence-corrected chi connectivity index (χ1v) is 12.8. The van der Waals surface area contributed by atoms with E-state index in [0.29, 0.717) is 45.1 Å². The summed E-state index contributed by atoms with van der Waals surface area (Å²) in [5, 5.41) is 0. The van der Waals surface area contributed by atoms with Crippen molar-refractivity contribution in [3.05, 3.63) is 53.8 Å². The number of hydrogen-bond donors (Lipinski definition) is 0. The van der Waals surface area contributed by atoms with E-state index in [1.807, 2.05) is 50.3 Å². The van der Waals surface area contributed by atoms with Crippen LogP contribution in [0.4, 0.5) is 16.0 Å². The van der Waals surface area contributed by atoms with Gasteiger partial charge in [0.25, 0.3) is 0 Å². The summed E-state index contributed by atoms with van der Waals surface area (Å²) < 4.78 is 26.3. The van der Waals surface area contributed by atoms with Gasteiger partial charge in [-0.1, -0.05) is 38.1 Å². The van der Waals surface area contributed by atoms with E-state index in [1.165, 1.54) is 0 Å². The second-order valence-electron chi connectivity index (χ2n) is 8.48. The Hall–Kier alpha value is -2.84. The normalized spacial score (nSPS) is 20.5. The summed E-state index contributed by atoms with van der Waals surface area (Å²) in [6.07, 6.45) is 8.46. The standard InChI is InChI=1S/C25H30FN5O2.C2H6/c26-21-7-3-1-2-6-19(21)18-20-24(30-10-14-32-15-11-30)28-23(22-8-4-5-9-27-22)29-25(20)31-12-16-33-17-13-31;1-2/h1-2,4-6,8-9,21H,3,7,10-18H2;1-2H3. The fourth-order valence-electron chi connectivity index (χ4n) is 4.50. The topological polar surface area (TPSA) is 63.6 Å². The van der Waals surface area contributed by atoms with Crippen LogP contribution in [0, 0.1) is 0 Å². The van der Waals surface area contributed by atoms with Gasteiger partial charge in [-0.2, -0.15) is 0 Å². The van der Waals surface area contributed by atoms with Crippen molar-refractivity contribution in [3.8, 4) is 11.5 Å². The van der Waals surface area contributed by atoms with E-state index in [2.05, 4.69) is 14.8 Å². The lowest BCUT2D eigenvalue weighted by Gasteiger charge is -2.34. The molecular weight excluding hydrogens is 445 g/mol. The summed E-state index contributed by atoms with van der Waals surface area (Å²) >= 11 is 0. The molecule has 0 spiro atoms. The van der Waals surface area contributed by atoms with E-state index in [4.69, 9.17) is 19.4 Å². The molecule has 2 aromatic rings. The van der Waals surface area contributed by atoms with Crippen LogP contribution in [0.3, 0.4) is 0 Å². The van der Waals surface area contributed by atoms with Gasteiger partial charge in [0.1, 0.15) is 23.5 Å². The number of aromatic nitrogens is 3. The number of pyridine rings is 1. The third kappa shape index (κ3) is 6.24. The summed E-state index contributed by atoms with van der Waals surface area (Å²) in [5.41, 5.74) is 2.48. The average Bonchev–Trinajstić information content (AvgIpc) is 3.15. The highest BCUT2D eigenvalue weighted by Crippen LogP contribution is 2.35. The number of hydrogen-bond acceptors (Lipinski definition) is 7. The lowest BCUT2D eigenvalue weighted by Crippen LogP contribution is -2.40. The SMILES string of the molecule is CC.FC1CCC=CC=C1Cc1c(N2CCOCC2)nc(-c2ccccn2)nc1N1CCOCC1. The first-order chi connectivity index (χ1) is 17.3. The molecule has 0 radical (unpaired) electrons. The Morgan fingerprint density at radius 3 is 2.14 bits per heavy atom. The molecule has 1 aliphatic carbocycles. The van der Waals surface area contributed by atoms with Crippen LogP contribution in [0.25, 0.3) is 11.5 Å². The zero-order valence-electron chi connectivity index (χ0n) is 20.8. The van der Waals surface area contributed by atoms with Crippen molar-refractivity contribution in [2.75, 3.05) is 62.4 Å². The van der Waals surface area contributed by atoms with Crippen LogP contribution in [-0.2, 0) is 15.9 Å². The zero-order chi connectivity index (χ0) is 24.5. The Morgan fingerprint density at radius 1 is 0.943 bits per heavy atom. The first kappa shape index (κ1) is 25.3. The fourth-order valence-corrected chi connectivity index (χ4v) is 4.50. The predicted octanol–water partition coefficient (Wildman–Crippen LogP) is 4.40. The second-order valence-corrected chi connectivity index (χ2v) is 8.48. The Kier molecular flexibility index (Phi) is 9.20.